The van der Waals surface area contributed by atoms with Gasteiger partial charge in [0.2, 0.25) is 0 Å². The molecule has 0 saturated carbocycles. The molecule has 2 rings (SSSR count). The maximum absolute atomic E-state index is 11.9. The van der Waals surface area contributed by atoms with Gasteiger partial charge in [-0.25, -0.2) is 5.43 Å². The summed E-state index contributed by atoms with van der Waals surface area (Å²) in [4.78, 5) is 22.0. The average molecular weight is 363 g/mol. The SMILES string of the molecule is CCOc1cc(C=NNC(=O)c2ccc(Cl)cc2)cc([N+](=O)[O-])c1[O-]. The summed E-state index contributed by atoms with van der Waals surface area (Å²) >= 11 is 5.74. The van der Waals surface area contributed by atoms with Gasteiger partial charge in [-0.05, 0) is 37.3 Å². The first-order chi connectivity index (χ1) is 11.9. The van der Waals surface area contributed by atoms with Crippen molar-refractivity contribution in [3.8, 4) is 11.5 Å². The number of amides is 1. The number of carbonyl (C=O) groups excluding carboxylic acids is 1. The molecule has 130 valence electrons. The quantitative estimate of drug-likeness (QED) is 0.481. The van der Waals surface area contributed by atoms with Gasteiger partial charge in [0.25, 0.3) is 11.6 Å². The number of rotatable bonds is 6. The molecule has 0 saturated heterocycles. The second-order valence-electron chi connectivity index (χ2n) is 4.76. The van der Waals surface area contributed by atoms with E-state index in [2.05, 4.69) is 10.5 Å². The summed E-state index contributed by atoms with van der Waals surface area (Å²) in [6.45, 7) is 1.83. The molecule has 8 nitrogen and oxygen atoms in total. The summed E-state index contributed by atoms with van der Waals surface area (Å²) in [5.74, 6) is -1.44. The lowest BCUT2D eigenvalue weighted by atomic mass is 10.2. The van der Waals surface area contributed by atoms with Crippen LogP contribution in [0.5, 0.6) is 11.5 Å². The van der Waals surface area contributed by atoms with Crippen LogP contribution in [-0.2, 0) is 0 Å². The van der Waals surface area contributed by atoms with Crippen LogP contribution in [0.2, 0.25) is 5.02 Å². The van der Waals surface area contributed by atoms with Gasteiger partial charge in [0.05, 0.1) is 17.7 Å². The Morgan fingerprint density at radius 2 is 2.04 bits per heavy atom. The van der Waals surface area contributed by atoms with Gasteiger partial charge in [0.15, 0.2) is 0 Å². The number of carbonyl (C=O) groups is 1. The molecule has 0 atom stereocenters. The molecule has 0 spiro atoms. The third-order valence-electron chi connectivity index (χ3n) is 3.04. The number of nitrogens with one attached hydrogen (secondary N) is 1. The molecule has 0 heterocycles. The van der Waals surface area contributed by atoms with Gasteiger partial charge in [-0.2, -0.15) is 5.10 Å². The number of hydrogen-bond donors (Lipinski definition) is 1. The highest BCUT2D eigenvalue weighted by Crippen LogP contribution is 2.34. The zero-order valence-corrected chi connectivity index (χ0v) is 13.8. The number of halogens is 1. The number of ether oxygens (including phenoxy) is 1. The Hall–Kier alpha value is -3.13. The lowest BCUT2D eigenvalue weighted by Crippen LogP contribution is -2.17. The number of hydrogen-bond acceptors (Lipinski definition) is 6. The van der Waals surface area contributed by atoms with Crippen molar-refractivity contribution in [3.05, 3.63) is 62.7 Å². The van der Waals surface area contributed by atoms with Gasteiger partial charge in [-0.15, -0.1) is 0 Å². The fourth-order valence-corrected chi connectivity index (χ4v) is 2.04. The summed E-state index contributed by atoms with van der Waals surface area (Å²) in [5, 5.41) is 27.0. The first kappa shape index (κ1) is 18.2. The second-order valence-corrected chi connectivity index (χ2v) is 5.20. The minimum Gasteiger partial charge on any atom is -0.865 e. The van der Waals surface area contributed by atoms with Crippen molar-refractivity contribution in [1.82, 2.24) is 5.43 Å². The third-order valence-corrected chi connectivity index (χ3v) is 3.29. The van der Waals surface area contributed by atoms with Crippen LogP contribution in [0.4, 0.5) is 5.69 Å². The van der Waals surface area contributed by atoms with E-state index in [9.17, 15) is 20.0 Å². The number of benzene rings is 2. The highest BCUT2D eigenvalue weighted by molar-refractivity contribution is 6.30. The van der Waals surface area contributed by atoms with Crippen molar-refractivity contribution in [3.63, 3.8) is 0 Å². The van der Waals surface area contributed by atoms with E-state index in [0.717, 1.165) is 6.07 Å². The molecular weight excluding hydrogens is 350 g/mol. The highest BCUT2D eigenvalue weighted by atomic mass is 35.5. The lowest BCUT2D eigenvalue weighted by Gasteiger charge is -2.14. The summed E-state index contributed by atoms with van der Waals surface area (Å²) in [7, 11) is 0. The Morgan fingerprint density at radius 1 is 1.36 bits per heavy atom. The maximum atomic E-state index is 11.9. The van der Waals surface area contributed by atoms with E-state index >= 15 is 0 Å². The molecule has 0 bridgehead atoms. The largest absolute Gasteiger partial charge is 0.865 e. The van der Waals surface area contributed by atoms with Crippen molar-refractivity contribution in [2.24, 2.45) is 5.10 Å². The van der Waals surface area contributed by atoms with E-state index in [0.29, 0.717) is 10.6 Å². The van der Waals surface area contributed by atoms with Crippen LogP contribution in [0.1, 0.15) is 22.8 Å². The molecule has 1 amide bonds. The smallest absolute Gasteiger partial charge is 0.271 e. The van der Waals surface area contributed by atoms with Gasteiger partial charge < -0.3 is 9.84 Å². The second kappa shape index (κ2) is 8.11. The predicted molar refractivity (Wildman–Crippen MR) is 90.2 cm³/mol. The summed E-state index contributed by atoms with van der Waals surface area (Å²) in [5.41, 5.74) is 2.24. The monoisotopic (exact) mass is 362 g/mol. The first-order valence-corrected chi connectivity index (χ1v) is 7.51. The molecule has 25 heavy (non-hydrogen) atoms. The third kappa shape index (κ3) is 4.67. The Morgan fingerprint density at radius 3 is 2.64 bits per heavy atom. The molecule has 1 N–H and O–H groups in total. The average Bonchev–Trinajstić information content (AvgIpc) is 2.58. The van der Waals surface area contributed by atoms with Crippen molar-refractivity contribution >= 4 is 29.4 Å². The number of nitrogens with zero attached hydrogens (tertiary/aromatic N) is 2. The topological polar surface area (TPSA) is 117 Å². The van der Waals surface area contributed by atoms with Crippen LogP contribution in [0.15, 0.2) is 41.5 Å². The van der Waals surface area contributed by atoms with Crippen molar-refractivity contribution in [1.29, 1.82) is 0 Å². The van der Waals surface area contributed by atoms with Crippen molar-refractivity contribution in [2.45, 2.75) is 6.92 Å². The molecule has 0 unspecified atom stereocenters. The zero-order valence-electron chi connectivity index (χ0n) is 13.1. The Bertz CT molecular complexity index is 821. The van der Waals surface area contributed by atoms with Crippen LogP contribution < -0.4 is 15.3 Å². The van der Waals surface area contributed by atoms with Crippen LogP contribution in [0.3, 0.4) is 0 Å². The Labute approximate surface area is 147 Å². The first-order valence-electron chi connectivity index (χ1n) is 7.13. The predicted octanol–water partition coefficient (Wildman–Crippen LogP) is 2.48. The fourth-order valence-electron chi connectivity index (χ4n) is 1.91. The molecule has 0 radical (unpaired) electrons. The van der Waals surface area contributed by atoms with E-state index in [1.165, 1.54) is 24.4 Å². The van der Waals surface area contributed by atoms with Gasteiger partial charge in [-0.1, -0.05) is 11.6 Å². The van der Waals surface area contributed by atoms with E-state index in [-0.39, 0.29) is 17.9 Å². The van der Waals surface area contributed by atoms with E-state index in [1.54, 1.807) is 19.1 Å². The van der Waals surface area contributed by atoms with Gasteiger partial charge in [0.1, 0.15) is 5.75 Å². The standard InChI is InChI=1S/C16H14ClN3O5/c1-2-25-14-8-10(7-13(15(14)21)20(23)24)9-18-19-16(22)11-3-5-12(17)6-4-11/h3-9,21H,2H2,1H3,(H,19,22)/p-1. The molecule has 0 fully saturated rings. The van der Waals surface area contributed by atoms with Gasteiger partial charge >= 0.3 is 0 Å². The maximum Gasteiger partial charge on any atom is 0.271 e. The molecular formula is C16H13ClN3O5-. The van der Waals surface area contributed by atoms with Gasteiger partial charge in [-0.3, -0.25) is 14.9 Å². The summed E-state index contributed by atoms with van der Waals surface area (Å²) in [6, 6.07) is 8.55. The Balaban J connectivity index is 2.18. The normalized spacial score (nSPS) is 10.6. The van der Waals surface area contributed by atoms with E-state index < -0.39 is 22.3 Å². The number of nitro benzene ring substituents is 1. The van der Waals surface area contributed by atoms with Gasteiger partial charge in [0, 0.05) is 28.0 Å². The van der Waals surface area contributed by atoms with Crippen molar-refractivity contribution in [2.75, 3.05) is 6.61 Å². The molecule has 2 aromatic carbocycles. The number of nitro groups is 1. The molecule has 9 heteroatoms. The van der Waals surface area contributed by atoms with E-state index in [1.807, 2.05) is 0 Å². The molecule has 0 aliphatic heterocycles. The molecule has 0 aliphatic carbocycles. The molecule has 0 aliphatic rings. The molecule has 2 aromatic rings. The fraction of sp³-hybridized carbons (Fsp3) is 0.125. The van der Waals surface area contributed by atoms with Crippen LogP contribution in [-0.4, -0.2) is 23.7 Å². The summed E-state index contributed by atoms with van der Waals surface area (Å²) in [6.07, 6.45) is 1.18. The molecule has 0 aromatic heterocycles. The summed E-state index contributed by atoms with van der Waals surface area (Å²) < 4.78 is 5.10. The Kier molecular flexibility index (Phi) is 5.91. The van der Waals surface area contributed by atoms with Crippen LogP contribution in [0.25, 0.3) is 0 Å². The minimum atomic E-state index is -0.811. The highest BCUT2D eigenvalue weighted by Gasteiger charge is 2.13. The zero-order chi connectivity index (χ0) is 18.4. The lowest BCUT2D eigenvalue weighted by molar-refractivity contribution is -0.398. The van der Waals surface area contributed by atoms with E-state index in [4.69, 9.17) is 16.3 Å². The van der Waals surface area contributed by atoms with Crippen LogP contribution >= 0.6 is 11.6 Å². The number of hydrazone groups is 1. The van der Waals surface area contributed by atoms with Crippen LogP contribution in [0, 0.1) is 10.1 Å². The van der Waals surface area contributed by atoms with Crippen molar-refractivity contribution < 1.29 is 19.6 Å². The minimum absolute atomic E-state index is 0.151.